The average molecular weight is 544 g/mol. The molecule has 7 rings (SSSR count). The van der Waals surface area contributed by atoms with E-state index >= 15 is 0 Å². The molecule has 40 heavy (non-hydrogen) atoms. The van der Waals surface area contributed by atoms with E-state index in [9.17, 15) is 9.90 Å². The van der Waals surface area contributed by atoms with Gasteiger partial charge in [0.1, 0.15) is 18.2 Å². The SMILES string of the molecule is COc1ccc(CN2C3CC2CN(c2ccc(-c4cc(OCC(C)(C)O)cn5ncc(C(N)=O)c45)cn2)C3)cn1. The lowest BCUT2D eigenvalue weighted by Gasteiger charge is -2.56. The summed E-state index contributed by atoms with van der Waals surface area (Å²) in [5.74, 6) is 1.49. The van der Waals surface area contributed by atoms with Gasteiger partial charge in [0.2, 0.25) is 5.88 Å². The minimum Gasteiger partial charge on any atom is -0.489 e. The van der Waals surface area contributed by atoms with Crippen LogP contribution in [0.4, 0.5) is 5.82 Å². The molecule has 3 N–H and O–H groups in total. The summed E-state index contributed by atoms with van der Waals surface area (Å²) in [6.07, 6.45) is 8.01. The highest BCUT2D eigenvalue weighted by Gasteiger charge is 2.44. The lowest BCUT2D eigenvalue weighted by molar-refractivity contribution is -0.00876. The second-order valence-electron chi connectivity index (χ2n) is 11.1. The number of nitrogens with two attached hydrogens (primary N) is 1. The van der Waals surface area contributed by atoms with Gasteiger partial charge in [-0.05, 0) is 44.0 Å². The zero-order chi connectivity index (χ0) is 28.0. The first-order valence-corrected chi connectivity index (χ1v) is 13.3. The first-order chi connectivity index (χ1) is 19.2. The van der Waals surface area contributed by atoms with E-state index in [4.69, 9.17) is 20.2 Å². The second kappa shape index (κ2) is 10.1. The number of hydrogen-bond donors (Lipinski definition) is 2. The number of carbonyl (C=O) groups is 1. The van der Waals surface area contributed by atoms with Gasteiger partial charge in [-0.15, -0.1) is 0 Å². The fourth-order valence-corrected chi connectivity index (χ4v) is 5.54. The number of piperidine rings is 1. The fourth-order valence-electron chi connectivity index (χ4n) is 5.54. The minimum absolute atomic E-state index is 0.0996. The zero-order valence-corrected chi connectivity index (χ0v) is 22.8. The normalized spacial score (nSPS) is 18.9. The fraction of sp³-hybridized carbons (Fsp3) is 0.379. The Morgan fingerprint density at radius 3 is 2.55 bits per heavy atom. The van der Waals surface area contributed by atoms with Crippen LogP contribution in [0.1, 0.15) is 36.2 Å². The highest BCUT2D eigenvalue weighted by molar-refractivity contribution is 6.03. The van der Waals surface area contributed by atoms with Gasteiger partial charge in [0, 0.05) is 61.3 Å². The molecule has 4 aromatic heterocycles. The smallest absolute Gasteiger partial charge is 0.252 e. The van der Waals surface area contributed by atoms with Crippen molar-refractivity contribution < 1.29 is 19.4 Å². The van der Waals surface area contributed by atoms with Crippen LogP contribution in [0.15, 0.2) is 55.1 Å². The number of fused-ring (bicyclic) bond motifs is 3. The number of rotatable bonds is 9. The maximum absolute atomic E-state index is 12.1. The minimum atomic E-state index is -1.00. The lowest BCUT2D eigenvalue weighted by atomic mass is 9.87. The van der Waals surface area contributed by atoms with Crippen molar-refractivity contribution in [2.24, 2.45) is 5.73 Å². The number of primary amides is 1. The molecule has 0 saturated carbocycles. The van der Waals surface area contributed by atoms with Gasteiger partial charge < -0.3 is 25.2 Å². The Morgan fingerprint density at radius 1 is 1.12 bits per heavy atom. The maximum atomic E-state index is 12.1. The van der Waals surface area contributed by atoms with Crippen molar-refractivity contribution >= 4 is 17.2 Å². The summed E-state index contributed by atoms with van der Waals surface area (Å²) < 4.78 is 12.6. The zero-order valence-electron chi connectivity index (χ0n) is 22.8. The van der Waals surface area contributed by atoms with E-state index in [1.54, 1.807) is 31.7 Å². The molecular formula is C29H33N7O4. The predicted molar refractivity (Wildman–Crippen MR) is 149 cm³/mol. The molecule has 0 radical (unpaired) electrons. The van der Waals surface area contributed by atoms with E-state index in [1.165, 1.54) is 18.2 Å². The largest absolute Gasteiger partial charge is 0.489 e. The molecule has 11 nitrogen and oxygen atoms in total. The summed E-state index contributed by atoms with van der Waals surface area (Å²) >= 11 is 0. The molecule has 2 bridgehead atoms. The number of ether oxygens (including phenoxy) is 2. The number of carbonyl (C=O) groups excluding carboxylic acids is 1. The Labute approximate surface area is 232 Å². The summed E-state index contributed by atoms with van der Waals surface area (Å²) in [5, 5.41) is 14.4. The van der Waals surface area contributed by atoms with Crippen LogP contribution in [0.5, 0.6) is 11.6 Å². The number of aromatic nitrogens is 4. The summed E-state index contributed by atoms with van der Waals surface area (Å²) in [7, 11) is 1.62. The molecule has 208 valence electrons. The van der Waals surface area contributed by atoms with E-state index in [0.29, 0.717) is 34.8 Å². The number of piperazine rings is 1. The van der Waals surface area contributed by atoms with Gasteiger partial charge in [-0.1, -0.05) is 6.07 Å². The Hall–Kier alpha value is -4.22. The molecule has 0 aromatic carbocycles. The molecule has 2 unspecified atom stereocenters. The number of amides is 1. The highest BCUT2D eigenvalue weighted by atomic mass is 16.5. The molecule has 0 aliphatic carbocycles. The second-order valence-corrected chi connectivity index (χ2v) is 11.1. The maximum Gasteiger partial charge on any atom is 0.252 e. The van der Waals surface area contributed by atoms with Gasteiger partial charge in [0.05, 0.1) is 36.2 Å². The molecule has 3 fully saturated rings. The molecule has 2 atom stereocenters. The van der Waals surface area contributed by atoms with Crippen LogP contribution < -0.4 is 20.1 Å². The molecule has 3 aliphatic rings. The molecule has 3 saturated heterocycles. The molecule has 0 spiro atoms. The van der Waals surface area contributed by atoms with E-state index in [-0.39, 0.29) is 6.61 Å². The van der Waals surface area contributed by atoms with Gasteiger partial charge in [-0.2, -0.15) is 5.10 Å². The molecule has 7 heterocycles. The number of methoxy groups -OCH3 is 1. The van der Waals surface area contributed by atoms with Gasteiger partial charge in [-0.3, -0.25) is 9.69 Å². The van der Waals surface area contributed by atoms with Gasteiger partial charge in [-0.25, -0.2) is 14.5 Å². The molecule has 1 amide bonds. The Bertz CT molecular complexity index is 1520. The van der Waals surface area contributed by atoms with Gasteiger partial charge in [0.15, 0.2) is 0 Å². The lowest BCUT2D eigenvalue weighted by Crippen LogP contribution is -2.68. The van der Waals surface area contributed by atoms with Crippen LogP contribution in [0.3, 0.4) is 0 Å². The number of nitrogens with zero attached hydrogens (tertiary/aromatic N) is 6. The number of pyridine rings is 3. The Morgan fingerprint density at radius 2 is 1.93 bits per heavy atom. The Balaban J connectivity index is 1.21. The summed E-state index contributed by atoms with van der Waals surface area (Å²) in [4.78, 5) is 26.1. The van der Waals surface area contributed by atoms with Crippen molar-refractivity contribution in [3.63, 3.8) is 0 Å². The van der Waals surface area contributed by atoms with Crippen LogP contribution in [-0.4, -0.2) is 80.0 Å². The number of anilines is 1. The predicted octanol–water partition coefficient (Wildman–Crippen LogP) is 2.51. The monoisotopic (exact) mass is 543 g/mol. The van der Waals surface area contributed by atoms with Crippen LogP contribution >= 0.6 is 0 Å². The van der Waals surface area contributed by atoms with E-state index in [2.05, 4.69) is 25.9 Å². The van der Waals surface area contributed by atoms with Crippen molar-refractivity contribution in [2.75, 3.05) is 31.7 Å². The summed E-state index contributed by atoms with van der Waals surface area (Å²) in [6, 6.07) is 10.8. The van der Waals surface area contributed by atoms with E-state index in [0.717, 1.165) is 36.6 Å². The Kier molecular flexibility index (Phi) is 6.55. The first kappa shape index (κ1) is 26.0. The van der Waals surface area contributed by atoms with Crippen LogP contribution in [0, 0.1) is 0 Å². The molecule has 4 aromatic rings. The standard InChI is InChI=1S/C29H33N7O4/c1-29(2,38)17-40-22-9-23(27-24(28(30)37)12-33-36(27)16-22)19-5-6-25(31-11-19)34-14-20-8-21(15-34)35(20)13-18-4-7-26(39-3)32-10-18/h4-7,9-12,16,20-21,38H,8,13-15,17H2,1-3H3,(H2,30,37). The molecule has 11 heteroatoms. The third kappa shape index (κ3) is 5.05. The average Bonchev–Trinajstić information content (AvgIpc) is 3.39. The highest BCUT2D eigenvalue weighted by Crippen LogP contribution is 2.36. The van der Waals surface area contributed by atoms with Crippen molar-refractivity contribution in [3.05, 3.63) is 66.2 Å². The summed E-state index contributed by atoms with van der Waals surface area (Å²) in [6.45, 7) is 6.14. The third-order valence-corrected chi connectivity index (χ3v) is 7.54. The van der Waals surface area contributed by atoms with Crippen LogP contribution in [0.25, 0.3) is 16.6 Å². The third-order valence-electron chi connectivity index (χ3n) is 7.54. The van der Waals surface area contributed by atoms with Crippen molar-refractivity contribution in [1.29, 1.82) is 0 Å². The molecule has 3 aliphatic heterocycles. The topological polar surface area (TPSA) is 131 Å². The molecular weight excluding hydrogens is 510 g/mol. The van der Waals surface area contributed by atoms with Gasteiger partial charge >= 0.3 is 0 Å². The van der Waals surface area contributed by atoms with Crippen molar-refractivity contribution in [2.45, 2.75) is 44.5 Å². The van der Waals surface area contributed by atoms with Crippen LogP contribution in [0.2, 0.25) is 0 Å². The van der Waals surface area contributed by atoms with Crippen molar-refractivity contribution in [1.82, 2.24) is 24.5 Å². The number of hydrogen-bond acceptors (Lipinski definition) is 9. The van der Waals surface area contributed by atoms with E-state index in [1.807, 2.05) is 36.7 Å². The number of aliphatic hydroxyl groups is 1. The van der Waals surface area contributed by atoms with Crippen molar-refractivity contribution in [3.8, 4) is 22.8 Å². The van der Waals surface area contributed by atoms with Crippen LogP contribution in [-0.2, 0) is 6.54 Å². The van der Waals surface area contributed by atoms with E-state index < -0.39 is 11.5 Å². The summed E-state index contributed by atoms with van der Waals surface area (Å²) in [5.41, 5.74) is 8.25. The quantitative estimate of drug-likeness (QED) is 0.327. The van der Waals surface area contributed by atoms with Gasteiger partial charge in [0.25, 0.3) is 5.91 Å². The first-order valence-electron chi connectivity index (χ1n) is 13.3.